The fourth-order valence-electron chi connectivity index (χ4n) is 3.50. The Labute approximate surface area is 135 Å². The van der Waals surface area contributed by atoms with Gasteiger partial charge in [0.05, 0.1) is 24.1 Å². The van der Waals surface area contributed by atoms with Gasteiger partial charge in [-0.1, -0.05) is 18.2 Å². The number of hydrogen-bond donors (Lipinski definition) is 0. The van der Waals surface area contributed by atoms with Crippen molar-refractivity contribution in [3.8, 4) is 0 Å². The minimum Gasteiger partial charge on any atom is -0.347 e. The third kappa shape index (κ3) is 2.00. The second kappa shape index (κ2) is 4.98. The Balaban J connectivity index is 1.75. The van der Waals surface area contributed by atoms with E-state index in [2.05, 4.69) is 15.6 Å². The number of imidazole rings is 1. The van der Waals surface area contributed by atoms with Crippen LogP contribution in [0.25, 0.3) is 10.9 Å². The van der Waals surface area contributed by atoms with E-state index in [4.69, 9.17) is 0 Å². The maximum absolute atomic E-state index is 13.0. The van der Waals surface area contributed by atoms with Crippen molar-refractivity contribution < 1.29 is 4.79 Å². The zero-order chi connectivity index (χ0) is 16.1. The van der Waals surface area contributed by atoms with E-state index < -0.39 is 0 Å². The van der Waals surface area contributed by atoms with Gasteiger partial charge in [-0.2, -0.15) is 0 Å². The van der Waals surface area contributed by atoms with Gasteiger partial charge in [-0.3, -0.25) is 4.79 Å². The molecule has 0 unspecified atom stereocenters. The SMILES string of the molecule is Cc1c(CN2CCc3c(c4ccccc4n3C)C2=O)ncn1C. The van der Waals surface area contributed by atoms with Gasteiger partial charge < -0.3 is 14.0 Å². The molecule has 0 fully saturated rings. The van der Waals surface area contributed by atoms with Crippen molar-refractivity contribution in [1.82, 2.24) is 19.0 Å². The quantitative estimate of drug-likeness (QED) is 0.730. The lowest BCUT2D eigenvalue weighted by molar-refractivity contribution is 0.0725. The maximum atomic E-state index is 13.0. The van der Waals surface area contributed by atoms with Crippen molar-refractivity contribution >= 4 is 16.8 Å². The van der Waals surface area contributed by atoms with E-state index in [1.807, 2.05) is 55.0 Å². The minimum absolute atomic E-state index is 0.119. The Kier molecular flexibility index (Phi) is 3.04. The summed E-state index contributed by atoms with van der Waals surface area (Å²) in [6.45, 7) is 3.36. The number of benzene rings is 1. The molecule has 1 aliphatic heterocycles. The van der Waals surface area contributed by atoms with E-state index >= 15 is 0 Å². The number of para-hydroxylation sites is 1. The van der Waals surface area contributed by atoms with Crippen LogP contribution < -0.4 is 0 Å². The molecule has 23 heavy (non-hydrogen) atoms. The molecule has 0 atom stereocenters. The molecule has 5 nitrogen and oxygen atoms in total. The van der Waals surface area contributed by atoms with Crippen LogP contribution in [0, 0.1) is 6.92 Å². The highest BCUT2D eigenvalue weighted by atomic mass is 16.2. The van der Waals surface area contributed by atoms with E-state index in [0.717, 1.165) is 46.5 Å². The monoisotopic (exact) mass is 308 g/mol. The smallest absolute Gasteiger partial charge is 0.256 e. The molecular weight excluding hydrogens is 288 g/mol. The molecular formula is C18H20N4O. The number of fused-ring (bicyclic) bond motifs is 3. The first-order chi connectivity index (χ1) is 11.1. The van der Waals surface area contributed by atoms with Crippen molar-refractivity contribution in [1.29, 1.82) is 0 Å². The molecule has 0 N–H and O–H groups in total. The Morgan fingerprint density at radius 2 is 2.00 bits per heavy atom. The maximum Gasteiger partial charge on any atom is 0.256 e. The first-order valence-corrected chi connectivity index (χ1v) is 7.90. The first kappa shape index (κ1) is 14.1. The Bertz CT molecular complexity index is 919. The summed E-state index contributed by atoms with van der Waals surface area (Å²) >= 11 is 0. The lowest BCUT2D eigenvalue weighted by atomic mass is 10.0. The fraction of sp³-hybridized carbons (Fsp3) is 0.333. The highest BCUT2D eigenvalue weighted by Gasteiger charge is 2.30. The number of rotatable bonds is 2. The molecule has 3 aromatic rings. The van der Waals surface area contributed by atoms with Gasteiger partial charge in [0.25, 0.3) is 5.91 Å². The van der Waals surface area contributed by atoms with E-state index in [1.54, 1.807) is 0 Å². The molecule has 1 aliphatic rings. The highest BCUT2D eigenvalue weighted by molar-refractivity contribution is 6.09. The Morgan fingerprint density at radius 1 is 1.22 bits per heavy atom. The molecule has 0 radical (unpaired) electrons. The molecule has 4 rings (SSSR count). The lowest BCUT2D eigenvalue weighted by Crippen LogP contribution is -2.37. The van der Waals surface area contributed by atoms with Gasteiger partial charge in [0.2, 0.25) is 0 Å². The molecule has 0 spiro atoms. The number of carbonyl (C=O) groups is 1. The molecule has 118 valence electrons. The van der Waals surface area contributed by atoms with Gasteiger partial charge in [0, 0.05) is 49.4 Å². The van der Waals surface area contributed by atoms with Crippen LogP contribution in [0.15, 0.2) is 30.6 Å². The third-order valence-electron chi connectivity index (χ3n) is 5.02. The molecule has 1 amide bonds. The normalized spacial score (nSPS) is 14.6. The van der Waals surface area contributed by atoms with E-state index in [9.17, 15) is 4.79 Å². The predicted octanol–water partition coefficient (Wildman–Crippen LogP) is 2.42. The molecule has 0 saturated heterocycles. The van der Waals surface area contributed by atoms with Crippen LogP contribution in [-0.2, 0) is 27.1 Å². The fourth-order valence-corrected chi connectivity index (χ4v) is 3.50. The molecule has 1 aromatic carbocycles. The van der Waals surface area contributed by atoms with Crippen LogP contribution in [0.3, 0.4) is 0 Å². The van der Waals surface area contributed by atoms with Crippen molar-refractivity contribution in [3.63, 3.8) is 0 Å². The standard InChI is InChI=1S/C18H20N4O/c1-12-14(19-11-20(12)2)10-22-9-8-16-17(18(22)23)13-6-4-5-7-15(13)21(16)3/h4-7,11H,8-10H2,1-3H3. The van der Waals surface area contributed by atoms with Crippen LogP contribution in [0.1, 0.15) is 27.4 Å². The summed E-state index contributed by atoms with van der Waals surface area (Å²) < 4.78 is 4.15. The number of aromatic nitrogens is 3. The van der Waals surface area contributed by atoms with E-state index in [0.29, 0.717) is 6.54 Å². The summed E-state index contributed by atoms with van der Waals surface area (Å²) in [4.78, 5) is 19.4. The summed E-state index contributed by atoms with van der Waals surface area (Å²) in [6, 6.07) is 8.14. The van der Waals surface area contributed by atoms with E-state index in [-0.39, 0.29) is 5.91 Å². The average Bonchev–Trinajstić information content (AvgIpc) is 3.03. The third-order valence-corrected chi connectivity index (χ3v) is 5.02. The van der Waals surface area contributed by atoms with Gasteiger partial charge in [0.1, 0.15) is 0 Å². The lowest BCUT2D eigenvalue weighted by Gasteiger charge is -2.27. The topological polar surface area (TPSA) is 43.1 Å². The van der Waals surface area contributed by atoms with Crippen molar-refractivity contribution in [2.45, 2.75) is 19.9 Å². The number of amides is 1. The van der Waals surface area contributed by atoms with Gasteiger partial charge >= 0.3 is 0 Å². The van der Waals surface area contributed by atoms with Crippen LogP contribution in [0.4, 0.5) is 0 Å². The summed E-state index contributed by atoms with van der Waals surface area (Å²) in [6.07, 6.45) is 2.70. The molecule has 2 aromatic heterocycles. The Morgan fingerprint density at radius 3 is 2.74 bits per heavy atom. The largest absolute Gasteiger partial charge is 0.347 e. The Hall–Kier alpha value is -2.56. The molecule has 0 aliphatic carbocycles. The molecule has 0 bridgehead atoms. The van der Waals surface area contributed by atoms with Gasteiger partial charge in [-0.05, 0) is 13.0 Å². The predicted molar refractivity (Wildman–Crippen MR) is 89.3 cm³/mol. The van der Waals surface area contributed by atoms with Crippen LogP contribution in [0.2, 0.25) is 0 Å². The second-order valence-corrected chi connectivity index (χ2v) is 6.26. The van der Waals surface area contributed by atoms with Crippen molar-refractivity contribution in [2.75, 3.05) is 6.54 Å². The number of carbonyl (C=O) groups excluding carboxylic acids is 1. The zero-order valence-electron chi connectivity index (χ0n) is 13.7. The van der Waals surface area contributed by atoms with E-state index in [1.165, 1.54) is 0 Å². The summed E-state index contributed by atoms with van der Waals surface area (Å²) in [5.41, 5.74) is 5.22. The van der Waals surface area contributed by atoms with Crippen molar-refractivity contribution in [3.05, 3.63) is 53.2 Å². The first-order valence-electron chi connectivity index (χ1n) is 7.90. The van der Waals surface area contributed by atoms with Crippen molar-refractivity contribution in [2.24, 2.45) is 14.1 Å². The van der Waals surface area contributed by atoms with Crippen LogP contribution >= 0.6 is 0 Å². The average molecular weight is 308 g/mol. The molecule has 5 heteroatoms. The minimum atomic E-state index is 0.119. The summed E-state index contributed by atoms with van der Waals surface area (Å²) in [7, 11) is 4.03. The van der Waals surface area contributed by atoms with Crippen LogP contribution in [-0.4, -0.2) is 31.5 Å². The van der Waals surface area contributed by atoms with Gasteiger partial charge in [-0.25, -0.2) is 4.98 Å². The molecule has 3 heterocycles. The van der Waals surface area contributed by atoms with Crippen LogP contribution in [0.5, 0.6) is 0 Å². The highest BCUT2D eigenvalue weighted by Crippen LogP contribution is 2.30. The second-order valence-electron chi connectivity index (χ2n) is 6.26. The zero-order valence-corrected chi connectivity index (χ0v) is 13.7. The summed E-state index contributed by atoms with van der Waals surface area (Å²) in [5, 5.41) is 1.05. The number of aryl methyl sites for hydroxylation is 2. The van der Waals surface area contributed by atoms with Gasteiger partial charge in [-0.15, -0.1) is 0 Å². The summed E-state index contributed by atoms with van der Waals surface area (Å²) in [5.74, 6) is 0.119. The van der Waals surface area contributed by atoms with Gasteiger partial charge in [0.15, 0.2) is 0 Å². The number of nitrogens with zero attached hydrogens (tertiary/aromatic N) is 4. The molecule has 0 saturated carbocycles. The number of hydrogen-bond acceptors (Lipinski definition) is 2.